The molecular formula is C12H13ClN2O2S. The van der Waals surface area contributed by atoms with Gasteiger partial charge in [-0.05, 0) is 38.1 Å². The molecule has 0 saturated carbocycles. The fourth-order valence-electron chi connectivity index (χ4n) is 1.13. The first-order valence-corrected chi connectivity index (χ1v) is 7.16. The van der Waals surface area contributed by atoms with Gasteiger partial charge in [-0.3, -0.25) is 0 Å². The van der Waals surface area contributed by atoms with Crippen LogP contribution in [0, 0.1) is 11.3 Å². The summed E-state index contributed by atoms with van der Waals surface area (Å²) in [5.74, 6) is 0. The molecule has 0 radical (unpaired) electrons. The van der Waals surface area contributed by atoms with Gasteiger partial charge >= 0.3 is 0 Å². The molecule has 0 aliphatic heterocycles. The van der Waals surface area contributed by atoms with Crippen molar-refractivity contribution < 1.29 is 8.42 Å². The van der Waals surface area contributed by atoms with Crippen LogP contribution in [0.15, 0.2) is 35.4 Å². The van der Waals surface area contributed by atoms with E-state index in [9.17, 15) is 8.42 Å². The fraction of sp³-hybridized carbons (Fsp3) is 0.250. The number of halogens is 1. The molecule has 0 aliphatic carbocycles. The molecular weight excluding hydrogens is 272 g/mol. The second kappa shape index (κ2) is 5.89. The molecule has 0 saturated heterocycles. The van der Waals surface area contributed by atoms with Crippen LogP contribution in [0.5, 0.6) is 0 Å². The predicted molar refractivity (Wildman–Crippen MR) is 72.8 cm³/mol. The highest BCUT2D eigenvalue weighted by molar-refractivity contribution is 7.96. The number of nitriles is 1. The van der Waals surface area contributed by atoms with Crippen molar-refractivity contribution in [1.82, 2.24) is 0 Å². The Hall–Kier alpha value is -1.51. The summed E-state index contributed by atoms with van der Waals surface area (Å²) in [7, 11) is -3.56. The van der Waals surface area contributed by atoms with Crippen molar-refractivity contribution in [2.45, 2.75) is 19.1 Å². The lowest BCUT2D eigenvalue weighted by Gasteiger charge is -2.06. The van der Waals surface area contributed by atoms with Crippen molar-refractivity contribution in [1.29, 1.82) is 5.26 Å². The molecule has 1 aromatic rings. The van der Waals surface area contributed by atoms with E-state index in [0.717, 1.165) is 0 Å². The van der Waals surface area contributed by atoms with Crippen molar-refractivity contribution in [2.24, 2.45) is 0 Å². The summed E-state index contributed by atoms with van der Waals surface area (Å²) in [4.78, 5) is -0.285. The molecule has 4 nitrogen and oxygen atoms in total. The first-order chi connectivity index (χ1) is 8.37. The van der Waals surface area contributed by atoms with Crippen LogP contribution in [-0.4, -0.2) is 13.7 Å². The van der Waals surface area contributed by atoms with Gasteiger partial charge in [0.05, 0.1) is 5.25 Å². The maximum absolute atomic E-state index is 11.8. The predicted octanol–water partition coefficient (Wildman–Crippen LogP) is 2.94. The molecule has 1 rings (SSSR count). The zero-order valence-electron chi connectivity index (χ0n) is 10.0. The van der Waals surface area contributed by atoms with Crippen LogP contribution in [0.25, 0.3) is 0 Å². The monoisotopic (exact) mass is 284 g/mol. The Morgan fingerprint density at radius 2 is 1.94 bits per heavy atom. The van der Waals surface area contributed by atoms with Gasteiger partial charge in [-0.2, -0.15) is 5.26 Å². The highest BCUT2D eigenvalue weighted by Crippen LogP contribution is 2.16. The number of rotatable bonds is 4. The highest BCUT2D eigenvalue weighted by Gasteiger charge is 2.21. The summed E-state index contributed by atoms with van der Waals surface area (Å²) >= 11 is 5.72. The van der Waals surface area contributed by atoms with E-state index in [4.69, 9.17) is 16.9 Å². The quantitative estimate of drug-likeness (QED) is 0.863. The number of allylic oxidation sites excluding steroid dienone is 1. The van der Waals surface area contributed by atoms with Crippen LogP contribution in [0.2, 0.25) is 5.02 Å². The molecule has 18 heavy (non-hydrogen) atoms. The molecule has 0 aliphatic rings. The normalized spacial score (nSPS) is 12.3. The summed E-state index contributed by atoms with van der Waals surface area (Å²) in [5, 5.41) is 11.6. The number of benzene rings is 1. The number of hydrogen-bond acceptors (Lipinski definition) is 4. The molecule has 0 unspecified atom stereocenters. The summed E-state index contributed by atoms with van der Waals surface area (Å²) < 4.78 is 23.6. The molecule has 0 spiro atoms. The number of sulfone groups is 1. The maximum Gasteiger partial charge on any atom is 0.192 e. The Morgan fingerprint density at radius 1 is 1.39 bits per heavy atom. The minimum atomic E-state index is -3.56. The van der Waals surface area contributed by atoms with Crippen molar-refractivity contribution in [3.8, 4) is 6.07 Å². The molecule has 0 bridgehead atoms. The summed E-state index contributed by atoms with van der Waals surface area (Å²) in [6.45, 7) is 3.06. The Bertz CT molecular complexity index is 583. The molecule has 96 valence electrons. The molecule has 0 aromatic heterocycles. The van der Waals surface area contributed by atoms with Gasteiger partial charge in [0.2, 0.25) is 0 Å². The van der Waals surface area contributed by atoms with Gasteiger partial charge in [0.25, 0.3) is 0 Å². The van der Waals surface area contributed by atoms with E-state index in [1.807, 2.05) is 0 Å². The maximum atomic E-state index is 11.8. The van der Waals surface area contributed by atoms with E-state index in [0.29, 0.717) is 10.7 Å². The lowest BCUT2D eigenvalue weighted by molar-refractivity contribution is 0.595. The number of nitrogens with one attached hydrogen (secondary N) is 1. The van der Waals surface area contributed by atoms with Crippen molar-refractivity contribution in [3.63, 3.8) is 0 Å². The second-order valence-corrected chi connectivity index (χ2v) is 6.77. The third-order valence-corrected chi connectivity index (χ3v) is 4.57. The average molecular weight is 285 g/mol. The minimum Gasteiger partial charge on any atom is -0.360 e. The topological polar surface area (TPSA) is 70.0 Å². The summed E-state index contributed by atoms with van der Waals surface area (Å²) in [6, 6.07) is 8.41. The zero-order valence-corrected chi connectivity index (χ0v) is 11.6. The Kier molecular flexibility index (Phi) is 4.76. The van der Waals surface area contributed by atoms with E-state index >= 15 is 0 Å². The van der Waals surface area contributed by atoms with Crippen LogP contribution in [0.4, 0.5) is 5.69 Å². The van der Waals surface area contributed by atoms with Gasteiger partial charge < -0.3 is 5.32 Å². The van der Waals surface area contributed by atoms with Gasteiger partial charge in [-0.1, -0.05) is 11.6 Å². The standard InChI is InChI=1S/C12H13ClN2O2S/c1-9(2)18(16,17)12(7-14)8-15-11-5-3-10(13)4-6-11/h3-6,8-9,15H,1-2H3. The largest absolute Gasteiger partial charge is 0.360 e. The third kappa shape index (κ3) is 3.49. The first kappa shape index (κ1) is 14.6. The minimum absolute atomic E-state index is 0.285. The van der Waals surface area contributed by atoms with Gasteiger partial charge in [-0.15, -0.1) is 0 Å². The van der Waals surface area contributed by atoms with Gasteiger partial charge in [0, 0.05) is 16.9 Å². The van der Waals surface area contributed by atoms with E-state index in [1.54, 1.807) is 30.3 Å². The molecule has 0 fully saturated rings. The molecule has 0 amide bonds. The zero-order chi connectivity index (χ0) is 13.8. The van der Waals surface area contributed by atoms with Crippen LogP contribution in [-0.2, 0) is 9.84 Å². The molecule has 0 heterocycles. The van der Waals surface area contributed by atoms with Crippen LogP contribution < -0.4 is 5.32 Å². The van der Waals surface area contributed by atoms with Crippen LogP contribution in [0.3, 0.4) is 0 Å². The number of anilines is 1. The van der Waals surface area contributed by atoms with Gasteiger partial charge in [-0.25, -0.2) is 8.42 Å². The number of nitrogens with zero attached hydrogens (tertiary/aromatic N) is 1. The second-order valence-electron chi connectivity index (χ2n) is 3.87. The van der Waals surface area contributed by atoms with Gasteiger partial charge in [0.1, 0.15) is 6.07 Å². The highest BCUT2D eigenvalue weighted by atomic mass is 35.5. The molecule has 0 atom stereocenters. The smallest absolute Gasteiger partial charge is 0.192 e. The fourth-order valence-corrected chi connectivity index (χ4v) is 2.11. The Morgan fingerprint density at radius 3 is 2.39 bits per heavy atom. The van der Waals surface area contributed by atoms with E-state index < -0.39 is 15.1 Å². The average Bonchev–Trinajstić information content (AvgIpc) is 2.31. The Balaban J connectivity index is 2.95. The summed E-state index contributed by atoms with van der Waals surface area (Å²) in [6.07, 6.45) is 1.19. The molecule has 1 N–H and O–H groups in total. The number of hydrogen-bond donors (Lipinski definition) is 1. The summed E-state index contributed by atoms with van der Waals surface area (Å²) in [5.41, 5.74) is 0.658. The molecule has 1 aromatic carbocycles. The Labute approximate surface area is 112 Å². The van der Waals surface area contributed by atoms with E-state index in [-0.39, 0.29) is 4.91 Å². The van der Waals surface area contributed by atoms with Crippen molar-refractivity contribution in [2.75, 3.05) is 5.32 Å². The third-order valence-electron chi connectivity index (χ3n) is 2.25. The molecule has 6 heteroatoms. The van der Waals surface area contributed by atoms with E-state index in [2.05, 4.69) is 5.32 Å². The SMILES string of the molecule is CC(C)S(=O)(=O)C(C#N)=CNc1ccc(Cl)cc1. The van der Waals surface area contributed by atoms with Gasteiger partial charge in [0.15, 0.2) is 14.7 Å². The lowest BCUT2D eigenvalue weighted by atomic mass is 10.3. The van der Waals surface area contributed by atoms with Crippen molar-refractivity contribution >= 4 is 27.1 Å². The van der Waals surface area contributed by atoms with Crippen LogP contribution in [0.1, 0.15) is 13.8 Å². The van der Waals surface area contributed by atoms with E-state index in [1.165, 1.54) is 20.0 Å². The van der Waals surface area contributed by atoms with Crippen LogP contribution >= 0.6 is 11.6 Å². The lowest BCUT2D eigenvalue weighted by Crippen LogP contribution is -2.16. The van der Waals surface area contributed by atoms with Crippen molar-refractivity contribution in [3.05, 3.63) is 40.4 Å². The first-order valence-electron chi connectivity index (χ1n) is 5.24.